The van der Waals surface area contributed by atoms with Crippen LogP contribution in [0, 0.1) is 0 Å². The molecule has 0 aliphatic heterocycles. The van der Waals surface area contributed by atoms with Crippen molar-refractivity contribution in [1.29, 1.82) is 0 Å². The minimum Gasteiger partial charge on any atom is -0.329 e. The first kappa shape index (κ1) is 30.7. The fraction of sp³-hybridized carbons (Fsp3) is 0.412. The number of hydrogen-bond acceptors (Lipinski definition) is 2. The maximum atomic E-state index is 12.9. The molecule has 0 radical (unpaired) electrons. The van der Waals surface area contributed by atoms with Gasteiger partial charge in [0.05, 0.1) is 11.1 Å². The van der Waals surface area contributed by atoms with Crippen LogP contribution in [0.4, 0.5) is 21.0 Å². The first-order valence-corrected chi connectivity index (χ1v) is 14.3. The zero-order chi connectivity index (χ0) is 29.5. The molecule has 40 heavy (non-hydrogen) atoms. The van der Waals surface area contributed by atoms with Gasteiger partial charge in [-0.05, 0) is 98.9 Å². The summed E-state index contributed by atoms with van der Waals surface area (Å²) in [5.74, 6) is 0.972. The second kappa shape index (κ2) is 13.0. The van der Waals surface area contributed by atoms with Crippen LogP contribution >= 0.6 is 0 Å². The van der Waals surface area contributed by atoms with Gasteiger partial charge in [0, 0.05) is 11.4 Å². The molecule has 0 saturated heterocycles. The third-order valence-electron chi connectivity index (χ3n) is 7.86. The van der Waals surface area contributed by atoms with E-state index in [1.807, 2.05) is 76.2 Å². The third kappa shape index (κ3) is 8.10. The number of amides is 4. The molecule has 0 heterocycles. The van der Waals surface area contributed by atoms with Gasteiger partial charge in [0.15, 0.2) is 0 Å². The molecule has 6 heteroatoms. The predicted octanol–water partition coefficient (Wildman–Crippen LogP) is 8.83. The number of carbonyl (C=O) groups is 2. The molecule has 0 fully saturated rings. The topological polar surface area (TPSA) is 82.3 Å². The molecule has 6 nitrogen and oxygen atoms in total. The summed E-state index contributed by atoms with van der Waals surface area (Å²) in [6.45, 7) is 16.6. The minimum atomic E-state index is -0.646. The number of rotatable bonds is 10. The van der Waals surface area contributed by atoms with E-state index in [9.17, 15) is 9.59 Å². The summed E-state index contributed by atoms with van der Waals surface area (Å²) in [6.07, 6.45) is 2.15. The van der Waals surface area contributed by atoms with E-state index >= 15 is 0 Å². The fourth-order valence-electron chi connectivity index (χ4n) is 4.59. The highest BCUT2D eigenvalue weighted by Gasteiger charge is 2.28. The van der Waals surface area contributed by atoms with Crippen molar-refractivity contribution in [1.82, 2.24) is 10.6 Å². The zero-order valence-corrected chi connectivity index (χ0v) is 25.3. The first-order chi connectivity index (χ1) is 18.8. The molecule has 214 valence electrons. The molecule has 3 aromatic rings. The van der Waals surface area contributed by atoms with Gasteiger partial charge >= 0.3 is 12.1 Å². The number of benzene rings is 3. The van der Waals surface area contributed by atoms with Gasteiger partial charge in [-0.15, -0.1) is 0 Å². The lowest BCUT2D eigenvalue weighted by Crippen LogP contribution is -2.45. The Morgan fingerprint density at radius 1 is 0.625 bits per heavy atom. The zero-order valence-electron chi connectivity index (χ0n) is 25.3. The second-order valence-electron chi connectivity index (χ2n) is 11.9. The molecule has 0 bridgehead atoms. The average Bonchev–Trinajstić information content (AvgIpc) is 2.92. The van der Waals surface area contributed by atoms with Crippen LogP contribution in [0.2, 0.25) is 0 Å². The number of nitrogens with one attached hydrogen (secondary N) is 4. The van der Waals surface area contributed by atoms with E-state index in [-0.39, 0.29) is 12.1 Å². The smallest absolute Gasteiger partial charge is 0.319 e. The average molecular weight is 543 g/mol. The maximum absolute atomic E-state index is 12.9. The molecule has 4 amide bonds. The molecular formula is C34H46N4O2. The van der Waals surface area contributed by atoms with E-state index in [1.54, 1.807) is 0 Å². The van der Waals surface area contributed by atoms with Gasteiger partial charge in [0.1, 0.15) is 0 Å². The summed E-state index contributed by atoms with van der Waals surface area (Å²) in [4.78, 5) is 25.7. The predicted molar refractivity (Wildman–Crippen MR) is 167 cm³/mol. The van der Waals surface area contributed by atoms with Crippen LogP contribution in [-0.4, -0.2) is 12.1 Å². The molecule has 0 aliphatic carbocycles. The SMILES string of the molecule is CCC(C)c1ccc(NC(=O)NC(C)(C)c2cccc(C(C)(C)NC(=O)Nc3ccc(C(C)CC)cc3)c2)cc1. The standard InChI is InChI=1S/C34H46N4O2/c1-9-23(3)25-14-18-29(19-15-25)35-31(39)37-33(5,6)27-12-11-13-28(22-27)34(7,8)38-32(40)36-30-20-16-26(17-21-30)24(4)10-2/h11-24H,9-10H2,1-8H3,(H2,35,37,39)(H2,36,38,40). The Balaban J connectivity index is 1.64. The van der Waals surface area contributed by atoms with E-state index in [1.165, 1.54) is 11.1 Å². The summed E-state index contributed by atoms with van der Waals surface area (Å²) in [5.41, 5.74) is 4.59. The van der Waals surface area contributed by atoms with Crippen molar-refractivity contribution in [3.05, 3.63) is 95.1 Å². The largest absolute Gasteiger partial charge is 0.329 e. The van der Waals surface area contributed by atoms with E-state index in [2.05, 4.69) is 73.2 Å². The van der Waals surface area contributed by atoms with Crippen molar-refractivity contribution in [2.24, 2.45) is 0 Å². The molecule has 2 atom stereocenters. The van der Waals surface area contributed by atoms with Gasteiger partial charge in [0.2, 0.25) is 0 Å². The van der Waals surface area contributed by atoms with E-state index in [0.717, 1.165) is 35.3 Å². The first-order valence-electron chi connectivity index (χ1n) is 14.3. The van der Waals surface area contributed by atoms with Gasteiger partial charge < -0.3 is 21.3 Å². The summed E-state index contributed by atoms with van der Waals surface area (Å²) >= 11 is 0. The maximum Gasteiger partial charge on any atom is 0.319 e. The Bertz CT molecular complexity index is 1180. The van der Waals surface area contributed by atoms with E-state index in [4.69, 9.17) is 0 Å². The summed E-state index contributed by atoms with van der Waals surface area (Å²) in [7, 11) is 0. The second-order valence-corrected chi connectivity index (χ2v) is 11.9. The summed E-state index contributed by atoms with van der Waals surface area (Å²) in [5, 5.41) is 12.1. The van der Waals surface area contributed by atoms with Gasteiger partial charge in [-0.1, -0.05) is 76.2 Å². The van der Waals surface area contributed by atoms with Crippen LogP contribution in [0.25, 0.3) is 0 Å². The highest BCUT2D eigenvalue weighted by molar-refractivity contribution is 5.90. The molecule has 0 spiro atoms. The minimum absolute atomic E-state index is 0.275. The monoisotopic (exact) mass is 542 g/mol. The van der Waals surface area contributed by atoms with Crippen LogP contribution in [0.15, 0.2) is 72.8 Å². The highest BCUT2D eigenvalue weighted by Crippen LogP contribution is 2.28. The Morgan fingerprint density at radius 3 is 1.30 bits per heavy atom. The van der Waals surface area contributed by atoms with Crippen molar-refractivity contribution in [3.8, 4) is 0 Å². The number of urea groups is 2. The lowest BCUT2D eigenvalue weighted by atomic mass is 9.87. The molecule has 0 aliphatic rings. The van der Waals surface area contributed by atoms with Crippen LogP contribution in [0.3, 0.4) is 0 Å². The van der Waals surface area contributed by atoms with Crippen molar-refractivity contribution in [2.75, 3.05) is 10.6 Å². The quantitative estimate of drug-likeness (QED) is 0.206. The van der Waals surface area contributed by atoms with Crippen molar-refractivity contribution >= 4 is 23.4 Å². The summed E-state index contributed by atoms with van der Waals surface area (Å²) in [6, 6.07) is 23.4. The van der Waals surface area contributed by atoms with E-state index < -0.39 is 11.1 Å². The Kier molecular flexibility index (Phi) is 10.0. The molecule has 0 aromatic heterocycles. The lowest BCUT2D eigenvalue weighted by molar-refractivity contribution is 0.241. The van der Waals surface area contributed by atoms with Gasteiger partial charge in [-0.2, -0.15) is 0 Å². The highest BCUT2D eigenvalue weighted by atomic mass is 16.2. The normalized spacial score (nSPS) is 13.2. The van der Waals surface area contributed by atoms with E-state index in [0.29, 0.717) is 11.8 Å². The molecular weight excluding hydrogens is 496 g/mol. The van der Waals surface area contributed by atoms with Crippen LogP contribution in [0.5, 0.6) is 0 Å². The Labute approximate surface area is 240 Å². The van der Waals surface area contributed by atoms with Crippen LogP contribution in [0.1, 0.15) is 102 Å². The molecule has 3 rings (SSSR count). The fourth-order valence-corrected chi connectivity index (χ4v) is 4.59. The summed E-state index contributed by atoms with van der Waals surface area (Å²) < 4.78 is 0. The van der Waals surface area contributed by atoms with Crippen molar-refractivity contribution < 1.29 is 9.59 Å². The third-order valence-corrected chi connectivity index (χ3v) is 7.86. The van der Waals surface area contributed by atoms with Gasteiger partial charge in [0.25, 0.3) is 0 Å². The number of carbonyl (C=O) groups excluding carboxylic acids is 2. The molecule has 2 unspecified atom stereocenters. The van der Waals surface area contributed by atoms with Gasteiger partial charge in [-0.25, -0.2) is 9.59 Å². The van der Waals surface area contributed by atoms with Crippen LogP contribution in [-0.2, 0) is 11.1 Å². The molecule has 0 saturated carbocycles. The van der Waals surface area contributed by atoms with Crippen LogP contribution < -0.4 is 21.3 Å². The number of anilines is 2. The number of hydrogen-bond donors (Lipinski definition) is 4. The molecule has 4 N–H and O–H groups in total. The van der Waals surface area contributed by atoms with Gasteiger partial charge in [-0.3, -0.25) is 0 Å². The van der Waals surface area contributed by atoms with Crippen molar-refractivity contribution in [2.45, 2.75) is 91.1 Å². The molecule has 3 aromatic carbocycles. The Hall–Kier alpha value is -3.80. The Morgan fingerprint density at radius 2 is 0.975 bits per heavy atom. The van der Waals surface area contributed by atoms with Crippen molar-refractivity contribution in [3.63, 3.8) is 0 Å². The lowest BCUT2D eigenvalue weighted by Gasteiger charge is -2.31.